The minimum Gasteiger partial charge on any atom is -0.462 e. The van der Waals surface area contributed by atoms with Crippen molar-refractivity contribution >= 4 is 43.4 Å². The van der Waals surface area contributed by atoms with E-state index in [4.69, 9.17) is 10.5 Å². The van der Waals surface area contributed by atoms with Crippen LogP contribution in [0.15, 0.2) is 36.3 Å². The topological polar surface area (TPSA) is 93.3 Å². The molecule has 2 N–H and O–H groups in total. The Labute approximate surface area is 210 Å². The lowest BCUT2D eigenvalue weighted by atomic mass is 10.1. The number of anilines is 2. The summed E-state index contributed by atoms with van der Waals surface area (Å²) in [5.74, 6) is 0.0165. The summed E-state index contributed by atoms with van der Waals surface area (Å²) < 4.78 is 35.0. The maximum Gasteiger partial charge on any atom is 0.319 e. The molecule has 0 spiro atoms. The molecular formula is C25H25F2N7OS. The molecule has 0 bridgehead atoms. The van der Waals surface area contributed by atoms with E-state index < -0.39 is 0 Å². The third kappa shape index (κ3) is 4.22. The van der Waals surface area contributed by atoms with Gasteiger partial charge in [0, 0.05) is 24.3 Å². The molecule has 1 atom stereocenters. The number of aromatic nitrogens is 4. The average molecular weight is 510 g/mol. The largest absolute Gasteiger partial charge is 0.462 e. The quantitative estimate of drug-likeness (QED) is 0.419. The Morgan fingerprint density at radius 2 is 2.08 bits per heavy atom. The summed E-state index contributed by atoms with van der Waals surface area (Å²) in [6, 6.07) is 5.39. The molecule has 0 saturated carbocycles. The number of nitrogen functional groups attached to an aromatic ring is 1. The third-order valence-electron chi connectivity index (χ3n) is 6.81. The van der Waals surface area contributed by atoms with Crippen LogP contribution >= 0.6 is 11.3 Å². The van der Waals surface area contributed by atoms with Crippen LogP contribution in [0.5, 0.6) is 6.01 Å². The van der Waals surface area contributed by atoms with E-state index in [9.17, 15) is 8.78 Å². The lowest BCUT2D eigenvalue weighted by Gasteiger charge is -2.27. The molecule has 36 heavy (non-hydrogen) atoms. The number of likely N-dealkylation sites (tertiary alicyclic amines) is 1. The van der Waals surface area contributed by atoms with Crippen molar-refractivity contribution in [1.82, 2.24) is 24.8 Å². The van der Waals surface area contributed by atoms with Gasteiger partial charge in [-0.3, -0.25) is 4.98 Å². The second kappa shape index (κ2) is 9.21. The Hall–Kier alpha value is -3.44. The highest BCUT2D eigenvalue weighted by Gasteiger charge is 2.24. The number of thiazole rings is 1. The zero-order valence-electron chi connectivity index (χ0n) is 19.7. The first-order chi connectivity index (χ1) is 17.5. The Bertz CT molecular complexity index is 1490. The molecule has 4 aromatic rings. The van der Waals surface area contributed by atoms with Crippen molar-refractivity contribution in [3.63, 3.8) is 0 Å². The fraction of sp³-hybridized carbons (Fsp3) is 0.360. The second-order valence-corrected chi connectivity index (χ2v) is 10.2. The molecule has 0 aliphatic carbocycles. The molecule has 1 saturated heterocycles. The van der Waals surface area contributed by atoms with E-state index in [2.05, 4.69) is 31.9 Å². The van der Waals surface area contributed by atoms with Gasteiger partial charge in [-0.1, -0.05) is 11.3 Å². The first-order valence-electron chi connectivity index (χ1n) is 11.9. The van der Waals surface area contributed by atoms with E-state index >= 15 is 0 Å². The highest BCUT2D eigenvalue weighted by molar-refractivity contribution is 7.22. The van der Waals surface area contributed by atoms with Crippen molar-refractivity contribution < 1.29 is 13.5 Å². The van der Waals surface area contributed by atoms with Gasteiger partial charge in [0.15, 0.2) is 5.13 Å². The molecule has 6 rings (SSSR count). The van der Waals surface area contributed by atoms with Crippen LogP contribution in [-0.2, 0) is 0 Å². The first kappa shape index (κ1) is 23.0. The molecule has 0 amide bonds. The minimum atomic E-state index is -0.374. The smallest absolute Gasteiger partial charge is 0.319 e. The van der Waals surface area contributed by atoms with E-state index in [-0.39, 0.29) is 29.3 Å². The van der Waals surface area contributed by atoms with Gasteiger partial charge in [0.05, 0.1) is 33.4 Å². The van der Waals surface area contributed by atoms with Gasteiger partial charge < -0.3 is 20.3 Å². The number of hydrogen-bond donors (Lipinski definition) is 1. The van der Waals surface area contributed by atoms with E-state index in [0.29, 0.717) is 63.8 Å². The fourth-order valence-corrected chi connectivity index (χ4v) is 5.65. The number of ether oxygens (including phenoxy) is 1. The number of nitrogens with zero attached hydrogens (tertiary/aromatic N) is 6. The van der Waals surface area contributed by atoms with Crippen LogP contribution in [0.1, 0.15) is 19.3 Å². The van der Waals surface area contributed by atoms with Crippen LogP contribution in [0, 0.1) is 5.82 Å². The highest BCUT2D eigenvalue weighted by Crippen LogP contribution is 2.36. The number of halogens is 2. The summed E-state index contributed by atoms with van der Waals surface area (Å²) in [5, 5.41) is 0.976. The van der Waals surface area contributed by atoms with Crippen molar-refractivity contribution in [1.29, 1.82) is 0 Å². The molecule has 2 aliphatic heterocycles. The normalized spacial score (nSPS) is 18.8. The minimum absolute atomic E-state index is 0.134. The van der Waals surface area contributed by atoms with Crippen LogP contribution in [-0.4, -0.2) is 64.2 Å². The van der Waals surface area contributed by atoms with Crippen LogP contribution in [0.4, 0.5) is 19.7 Å². The van der Waals surface area contributed by atoms with E-state index in [0.717, 1.165) is 30.7 Å². The van der Waals surface area contributed by atoms with Crippen molar-refractivity contribution in [2.75, 3.05) is 43.9 Å². The summed E-state index contributed by atoms with van der Waals surface area (Å²) in [5.41, 5.74) is 8.17. The summed E-state index contributed by atoms with van der Waals surface area (Å²) in [4.78, 5) is 22.5. The number of pyridine rings is 1. The Morgan fingerprint density at radius 1 is 1.19 bits per heavy atom. The molecule has 0 radical (unpaired) electrons. The zero-order chi connectivity index (χ0) is 24.8. The maximum atomic E-state index is 14.3. The number of fused-ring (bicyclic) bond motifs is 2. The Balaban J connectivity index is 1.44. The Morgan fingerprint density at radius 3 is 2.89 bits per heavy atom. The monoisotopic (exact) mass is 509 g/mol. The van der Waals surface area contributed by atoms with Crippen LogP contribution < -0.4 is 15.4 Å². The molecule has 3 aromatic heterocycles. The van der Waals surface area contributed by atoms with Crippen LogP contribution in [0.3, 0.4) is 0 Å². The number of hydrogen-bond acceptors (Lipinski definition) is 9. The number of likely N-dealkylation sites (N-methyl/N-ethyl adjacent to an activating group) is 1. The van der Waals surface area contributed by atoms with Gasteiger partial charge in [0.2, 0.25) is 0 Å². The summed E-state index contributed by atoms with van der Waals surface area (Å²) >= 11 is 1.10. The maximum absolute atomic E-state index is 14.3. The van der Waals surface area contributed by atoms with Gasteiger partial charge in [0.1, 0.15) is 24.1 Å². The van der Waals surface area contributed by atoms with Crippen molar-refractivity contribution in [3.05, 3.63) is 42.1 Å². The molecule has 11 heteroatoms. The molecular weight excluding hydrogens is 484 g/mol. The highest BCUT2D eigenvalue weighted by atomic mass is 32.1. The number of benzene rings is 1. The zero-order valence-corrected chi connectivity index (χ0v) is 20.6. The van der Waals surface area contributed by atoms with Gasteiger partial charge in [-0.05, 0) is 57.1 Å². The third-order valence-corrected chi connectivity index (χ3v) is 7.70. The van der Waals surface area contributed by atoms with E-state index in [1.165, 1.54) is 6.07 Å². The van der Waals surface area contributed by atoms with Gasteiger partial charge in [-0.25, -0.2) is 13.8 Å². The van der Waals surface area contributed by atoms with Crippen molar-refractivity contribution in [2.24, 2.45) is 0 Å². The molecule has 1 aromatic carbocycles. The summed E-state index contributed by atoms with van der Waals surface area (Å²) in [6.45, 7) is 2.28. The molecule has 5 heterocycles. The standard InChI is InChI=1S/C25H25F2N7OS/c1-33-8-3-5-15(33)13-35-25-30-20-10-19(16-6-7-18(27)22-21(16)31-24(28)36-22)29-11-17(20)23(32-25)34-9-2-4-14(26)12-34/h4,6-7,10-11,15H,2-3,5,8-9,12-13H2,1H3,(H2,28,31). The molecule has 1 fully saturated rings. The van der Waals surface area contributed by atoms with Crippen LogP contribution in [0.2, 0.25) is 0 Å². The lowest BCUT2D eigenvalue weighted by Crippen LogP contribution is -2.32. The summed E-state index contributed by atoms with van der Waals surface area (Å²) in [7, 11) is 2.09. The van der Waals surface area contributed by atoms with Crippen molar-refractivity contribution in [2.45, 2.75) is 25.3 Å². The van der Waals surface area contributed by atoms with E-state index in [1.807, 2.05) is 11.0 Å². The predicted molar refractivity (Wildman–Crippen MR) is 137 cm³/mol. The first-order valence-corrected chi connectivity index (χ1v) is 12.7. The number of nitrogens with two attached hydrogens (primary N) is 1. The fourth-order valence-electron chi connectivity index (χ4n) is 4.88. The SMILES string of the molecule is CN1CCCC1COc1nc(N2CCC=C(F)C2)c2cnc(-c3ccc(F)c4sc(N)nc34)cc2n1. The second-order valence-electron chi connectivity index (χ2n) is 9.19. The van der Waals surface area contributed by atoms with Gasteiger partial charge >= 0.3 is 6.01 Å². The summed E-state index contributed by atoms with van der Waals surface area (Å²) in [6.07, 6.45) is 6.06. The van der Waals surface area contributed by atoms with Gasteiger partial charge in [-0.15, -0.1) is 0 Å². The Kier molecular flexibility index (Phi) is 5.88. The molecule has 1 unspecified atom stereocenters. The molecule has 8 nitrogen and oxygen atoms in total. The molecule has 2 aliphatic rings. The van der Waals surface area contributed by atoms with E-state index in [1.54, 1.807) is 18.3 Å². The average Bonchev–Trinajstić information content (AvgIpc) is 3.47. The van der Waals surface area contributed by atoms with Gasteiger partial charge in [0.25, 0.3) is 0 Å². The number of rotatable bonds is 5. The molecule has 186 valence electrons. The van der Waals surface area contributed by atoms with Gasteiger partial charge in [-0.2, -0.15) is 9.97 Å². The van der Waals surface area contributed by atoms with Crippen molar-refractivity contribution in [3.8, 4) is 17.3 Å². The predicted octanol–water partition coefficient (Wildman–Crippen LogP) is 4.56. The lowest BCUT2D eigenvalue weighted by molar-refractivity contribution is 0.188. The van der Waals surface area contributed by atoms with Crippen LogP contribution in [0.25, 0.3) is 32.4 Å².